The van der Waals surface area contributed by atoms with Crippen molar-refractivity contribution >= 4 is 22.9 Å². The van der Waals surface area contributed by atoms with Crippen LogP contribution < -0.4 is 15.4 Å². The van der Waals surface area contributed by atoms with Crippen molar-refractivity contribution in [1.29, 1.82) is 0 Å². The topological polar surface area (TPSA) is 55.6 Å². The van der Waals surface area contributed by atoms with Crippen molar-refractivity contribution in [2.24, 2.45) is 5.73 Å². The van der Waals surface area contributed by atoms with Crippen LogP contribution in [0.3, 0.4) is 0 Å². The highest BCUT2D eigenvalue weighted by Crippen LogP contribution is 2.21. The van der Waals surface area contributed by atoms with Gasteiger partial charge in [0.2, 0.25) is 0 Å². The molecule has 0 atom stereocenters. The molecule has 0 bridgehead atoms. The SMILES string of the molecule is COc1ccc(N(C)C(=O)c2csc(C#CCN)c2)cc1. The standard InChI is InChI=1S/C16H16N2O2S/c1-18(13-5-7-14(20-2)8-6-13)16(19)12-10-15(21-11-12)4-3-9-17/h5-8,10-11H,9,17H2,1-2H3. The van der Waals surface area contributed by atoms with E-state index in [1.54, 1.807) is 25.1 Å². The van der Waals surface area contributed by atoms with Crippen LogP contribution in [0.15, 0.2) is 35.7 Å². The highest BCUT2D eigenvalue weighted by Gasteiger charge is 2.15. The Bertz CT molecular complexity index is 680. The molecule has 1 amide bonds. The van der Waals surface area contributed by atoms with E-state index in [1.165, 1.54) is 11.3 Å². The van der Waals surface area contributed by atoms with E-state index in [2.05, 4.69) is 11.8 Å². The predicted molar refractivity (Wildman–Crippen MR) is 86.0 cm³/mol. The second-order valence-electron chi connectivity index (χ2n) is 4.27. The third-order valence-electron chi connectivity index (χ3n) is 2.92. The smallest absolute Gasteiger partial charge is 0.258 e. The van der Waals surface area contributed by atoms with Gasteiger partial charge >= 0.3 is 0 Å². The molecule has 2 aromatic rings. The van der Waals surface area contributed by atoms with Crippen molar-refractivity contribution in [2.75, 3.05) is 25.6 Å². The fourth-order valence-corrected chi connectivity index (χ4v) is 2.52. The molecule has 0 saturated carbocycles. The molecule has 0 spiro atoms. The minimum Gasteiger partial charge on any atom is -0.497 e. The summed E-state index contributed by atoms with van der Waals surface area (Å²) >= 11 is 1.44. The number of carbonyl (C=O) groups excluding carboxylic acids is 1. The summed E-state index contributed by atoms with van der Waals surface area (Å²) in [6.45, 7) is 0.312. The fraction of sp³-hybridized carbons (Fsp3) is 0.188. The van der Waals surface area contributed by atoms with Crippen LogP contribution in [0.4, 0.5) is 5.69 Å². The normalized spacial score (nSPS) is 9.67. The Morgan fingerprint density at radius 1 is 1.38 bits per heavy atom. The molecule has 0 aliphatic heterocycles. The van der Waals surface area contributed by atoms with E-state index in [9.17, 15) is 4.79 Å². The molecule has 5 heteroatoms. The number of thiophene rings is 1. The Kier molecular flexibility index (Phi) is 4.99. The van der Waals surface area contributed by atoms with E-state index in [-0.39, 0.29) is 5.91 Å². The Morgan fingerprint density at radius 3 is 2.71 bits per heavy atom. The average Bonchev–Trinajstić information content (AvgIpc) is 3.00. The van der Waals surface area contributed by atoms with E-state index in [0.717, 1.165) is 16.3 Å². The summed E-state index contributed by atoms with van der Waals surface area (Å²) in [5, 5.41) is 1.81. The Hall–Kier alpha value is -2.29. The number of nitrogens with two attached hydrogens (primary N) is 1. The largest absolute Gasteiger partial charge is 0.497 e. The average molecular weight is 300 g/mol. The van der Waals surface area contributed by atoms with Gasteiger partial charge in [-0.3, -0.25) is 4.79 Å². The van der Waals surface area contributed by atoms with Gasteiger partial charge < -0.3 is 15.4 Å². The van der Waals surface area contributed by atoms with Gasteiger partial charge in [0.1, 0.15) is 5.75 Å². The summed E-state index contributed by atoms with van der Waals surface area (Å²) in [6, 6.07) is 9.13. The van der Waals surface area contributed by atoms with Crippen molar-refractivity contribution in [1.82, 2.24) is 0 Å². The molecular formula is C16H16N2O2S. The molecular weight excluding hydrogens is 284 g/mol. The molecule has 0 aliphatic rings. The lowest BCUT2D eigenvalue weighted by atomic mass is 10.2. The highest BCUT2D eigenvalue weighted by atomic mass is 32.1. The maximum atomic E-state index is 12.4. The van der Waals surface area contributed by atoms with Crippen LogP contribution in [0.25, 0.3) is 0 Å². The van der Waals surface area contributed by atoms with E-state index < -0.39 is 0 Å². The summed E-state index contributed by atoms with van der Waals surface area (Å²) in [7, 11) is 3.35. The lowest BCUT2D eigenvalue weighted by Crippen LogP contribution is -2.25. The van der Waals surface area contributed by atoms with Gasteiger partial charge in [0.05, 0.1) is 24.1 Å². The molecule has 1 aromatic heterocycles. The number of hydrogen-bond donors (Lipinski definition) is 1. The van der Waals surface area contributed by atoms with E-state index in [4.69, 9.17) is 10.5 Å². The van der Waals surface area contributed by atoms with Gasteiger partial charge in [0.15, 0.2) is 0 Å². The zero-order valence-electron chi connectivity index (χ0n) is 11.9. The lowest BCUT2D eigenvalue weighted by Gasteiger charge is -2.16. The fourth-order valence-electron chi connectivity index (χ4n) is 1.77. The minimum absolute atomic E-state index is 0.0720. The van der Waals surface area contributed by atoms with Crippen LogP contribution in [0.1, 0.15) is 15.2 Å². The number of ether oxygens (including phenoxy) is 1. The quantitative estimate of drug-likeness (QED) is 0.885. The molecule has 4 nitrogen and oxygen atoms in total. The molecule has 0 aliphatic carbocycles. The van der Waals surface area contributed by atoms with Gasteiger partial charge in [-0.1, -0.05) is 11.8 Å². The molecule has 0 saturated heterocycles. The number of hydrogen-bond acceptors (Lipinski definition) is 4. The second-order valence-corrected chi connectivity index (χ2v) is 5.18. The van der Waals surface area contributed by atoms with E-state index in [0.29, 0.717) is 12.1 Å². The van der Waals surface area contributed by atoms with Crippen molar-refractivity contribution in [2.45, 2.75) is 0 Å². The molecule has 1 heterocycles. The molecule has 0 unspecified atom stereocenters. The number of amides is 1. The monoisotopic (exact) mass is 300 g/mol. The Morgan fingerprint density at radius 2 is 2.10 bits per heavy atom. The van der Waals surface area contributed by atoms with Gasteiger partial charge in [-0.05, 0) is 30.3 Å². The van der Waals surface area contributed by atoms with Crippen LogP contribution >= 0.6 is 11.3 Å². The maximum absolute atomic E-state index is 12.4. The third kappa shape index (κ3) is 3.63. The first kappa shape index (κ1) is 15.1. The number of carbonyl (C=O) groups is 1. The Labute approximate surface area is 128 Å². The molecule has 2 N–H and O–H groups in total. The summed E-state index contributed by atoms with van der Waals surface area (Å²) in [6.07, 6.45) is 0. The van der Waals surface area contributed by atoms with Crippen molar-refractivity contribution in [3.05, 3.63) is 46.2 Å². The zero-order chi connectivity index (χ0) is 15.2. The molecule has 1 aromatic carbocycles. The molecule has 0 radical (unpaired) electrons. The van der Waals surface area contributed by atoms with Crippen molar-refractivity contribution in [3.8, 4) is 17.6 Å². The van der Waals surface area contributed by atoms with Crippen molar-refractivity contribution < 1.29 is 9.53 Å². The molecule has 2 rings (SSSR count). The predicted octanol–water partition coefficient (Wildman–Crippen LogP) is 2.34. The number of nitrogens with zero attached hydrogens (tertiary/aromatic N) is 1. The van der Waals surface area contributed by atoms with E-state index >= 15 is 0 Å². The summed E-state index contributed by atoms with van der Waals surface area (Å²) < 4.78 is 5.11. The van der Waals surface area contributed by atoms with E-state index in [1.807, 2.05) is 29.6 Å². The zero-order valence-corrected chi connectivity index (χ0v) is 12.7. The summed E-state index contributed by atoms with van der Waals surface area (Å²) in [4.78, 5) is 14.9. The highest BCUT2D eigenvalue weighted by molar-refractivity contribution is 7.10. The second kappa shape index (κ2) is 6.93. The van der Waals surface area contributed by atoms with Crippen LogP contribution in [0.2, 0.25) is 0 Å². The Balaban J connectivity index is 2.16. The van der Waals surface area contributed by atoms with Gasteiger partial charge in [-0.25, -0.2) is 0 Å². The molecule has 0 fully saturated rings. The summed E-state index contributed by atoms with van der Waals surface area (Å²) in [5.74, 6) is 6.40. The van der Waals surface area contributed by atoms with Crippen LogP contribution in [-0.4, -0.2) is 26.6 Å². The number of benzene rings is 1. The van der Waals surface area contributed by atoms with Gasteiger partial charge in [0.25, 0.3) is 5.91 Å². The first-order valence-corrected chi connectivity index (χ1v) is 7.23. The third-order valence-corrected chi connectivity index (χ3v) is 3.77. The number of methoxy groups -OCH3 is 1. The maximum Gasteiger partial charge on any atom is 0.258 e. The van der Waals surface area contributed by atoms with Gasteiger partial charge in [0, 0.05) is 18.1 Å². The first-order chi connectivity index (χ1) is 10.2. The molecule has 21 heavy (non-hydrogen) atoms. The van der Waals surface area contributed by atoms with Gasteiger partial charge in [-0.15, -0.1) is 11.3 Å². The van der Waals surface area contributed by atoms with Gasteiger partial charge in [-0.2, -0.15) is 0 Å². The molecule has 108 valence electrons. The first-order valence-electron chi connectivity index (χ1n) is 6.35. The number of anilines is 1. The lowest BCUT2D eigenvalue weighted by molar-refractivity contribution is 0.0993. The minimum atomic E-state index is -0.0720. The number of rotatable bonds is 3. The van der Waals surface area contributed by atoms with Crippen molar-refractivity contribution in [3.63, 3.8) is 0 Å². The van der Waals surface area contributed by atoms with Crippen LogP contribution in [0, 0.1) is 11.8 Å². The van der Waals surface area contributed by atoms with Crippen LogP contribution in [0.5, 0.6) is 5.75 Å². The van der Waals surface area contributed by atoms with Crippen LogP contribution in [-0.2, 0) is 0 Å². The summed E-state index contributed by atoms with van der Waals surface area (Å²) in [5.41, 5.74) is 6.77.